The zero-order valence-electron chi connectivity index (χ0n) is 24.4. The third kappa shape index (κ3) is 8.88. The second kappa shape index (κ2) is 15.3. The second-order valence-corrected chi connectivity index (χ2v) is 10.5. The molecule has 2 aromatic carbocycles. The summed E-state index contributed by atoms with van der Waals surface area (Å²) >= 11 is 0. The zero-order chi connectivity index (χ0) is 29.1. The van der Waals surface area contributed by atoms with Gasteiger partial charge in [-0.15, -0.1) is 0 Å². The van der Waals surface area contributed by atoms with Crippen LogP contribution >= 0.6 is 0 Å². The summed E-state index contributed by atoms with van der Waals surface area (Å²) in [5.41, 5.74) is 5.07. The molecule has 222 valence electrons. The van der Waals surface area contributed by atoms with Crippen molar-refractivity contribution in [2.45, 2.75) is 97.3 Å². The lowest BCUT2D eigenvalue weighted by molar-refractivity contribution is -0.188. The van der Waals surface area contributed by atoms with Crippen LogP contribution in [0.5, 0.6) is 11.5 Å². The largest absolute Gasteiger partial charge is 0.494 e. The van der Waals surface area contributed by atoms with Crippen molar-refractivity contribution < 1.29 is 27.4 Å². The minimum atomic E-state index is -4.82. The first kappa shape index (κ1) is 31.8. The van der Waals surface area contributed by atoms with Gasteiger partial charge in [-0.25, -0.2) is 0 Å². The Kier molecular flexibility index (Phi) is 12.2. The molecule has 0 saturated carbocycles. The van der Waals surface area contributed by atoms with E-state index in [1.54, 1.807) is 6.92 Å². The summed E-state index contributed by atoms with van der Waals surface area (Å²) in [4.78, 5) is 12.7. The van der Waals surface area contributed by atoms with Gasteiger partial charge in [0.2, 0.25) is 0 Å². The van der Waals surface area contributed by atoms with E-state index >= 15 is 0 Å². The van der Waals surface area contributed by atoms with Gasteiger partial charge in [-0.1, -0.05) is 26.0 Å². The van der Waals surface area contributed by atoms with Crippen LogP contribution in [0.1, 0.15) is 75.6 Å². The quantitative estimate of drug-likeness (QED) is 0.351. The van der Waals surface area contributed by atoms with Crippen molar-refractivity contribution in [2.75, 3.05) is 26.3 Å². The normalized spacial score (nSPS) is 18.1. The predicted octanol–water partition coefficient (Wildman–Crippen LogP) is 6.69. The number of hydrogen-bond donors (Lipinski definition) is 1. The van der Waals surface area contributed by atoms with Crippen LogP contribution in [0.25, 0.3) is 0 Å². The van der Waals surface area contributed by atoms with Gasteiger partial charge in [0.25, 0.3) is 0 Å². The molecule has 0 fully saturated rings. The number of amides is 1. The second-order valence-electron chi connectivity index (χ2n) is 10.5. The molecule has 0 radical (unpaired) electrons. The van der Waals surface area contributed by atoms with E-state index in [0.29, 0.717) is 38.3 Å². The van der Waals surface area contributed by atoms with Crippen molar-refractivity contribution >= 4 is 5.91 Å². The van der Waals surface area contributed by atoms with Crippen LogP contribution in [0.2, 0.25) is 0 Å². The van der Waals surface area contributed by atoms with Crippen LogP contribution < -0.4 is 14.8 Å². The summed E-state index contributed by atoms with van der Waals surface area (Å²) in [6.07, 6.45) is 2.19. The molecule has 0 spiro atoms. The Morgan fingerprint density at radius 3 is 1.95 bits per heavy atom. The molecule has 0 heterocycles. The number of ether oxygens (including phenoxy) is 2. The van der Waals surface area contributed by atoms with Crippen LogP contribution in [-0.2, 0) is 30.5 Å². The van der Waals surface area contributed by atoms with Gasteiger partial charge in [0, 0.05) is 18.6 Å². The number of fused-ring (bicyclic) bond motifs is 2. The predicted molar refractivity (Wildman–Crippen MR) is 153 cm³/mol. The molecule has 0 bridgehead atoms. The summed E-state index contributed by atoms with van der Waals surface area (Å²) in [6, 6.07) is 12.5. The first-order valence-corrected chi connectivity index (χ1v) is 14.8. The molecular formula is C32H45F3N2O3. The van der Waals surface area contributed by atoms with Gasteiger partial charge < -0.3 is 19.7 Å². The van der Waals surface area contributed by atoms with Gasteiger partial charge in [0.05, 0.1) is 13.2 Å². The Bertz CT molecular complexity index is 1090. The van der Waals surface area contributed by atoms with Crippen molar-refractivity contribution in [3.05, 3.63) is 58.7 Å². The molecule has 5 nitrogen and oxygen atoms in total. The van der Waals surface area contributed by atoms with E-state index in [-0.39, 0.29) is 6.54 Å². The first-order chi connectivity index (χ1) is 19.2. The third-order valence-electron chi connectivity index (χ3n) is 7.50. The maximum absolute atomic E-state index is 12.8. The number of carbonyl (C=O) groups is 1. The average molecular weight is 563 g/mol. The molecule has 2 aliphatic carbocycles. The molecule has 0 saturated heterocycles. The highest BCUT2D eigenvalue weighted by molar-refractivity contribution is 5.82. The smallest absolute Gasteiger partial charge is 0.471 e. The van der Waals surface area contributed by atoms with Crippen molar-refractivity contribution in [1.82, 2.24) is 10.2 Å². The molecule has 0 aliphatic heterocycles. The molecule has 1 amide bonds. The number of nitrogens with one attached hydrogen (secondary N) is 1. The average Bonchev–Trinajstić information content (AvgIpc) is 2.94. The van der Waals surface area contributed by atoms with E-state index < -0.39 is 18.1 Å². The summed E-state index contributed by atoms with van der Waals surface area (Å²) in [5, 5.41) is 3.62. The van der Waals surface area contributed by atoms with Gasteiger partial charge in [-0.05, 0) is 118 Å². The van der Waals surface area contributed by atoms with Crippen LogP contribution in [-0.4, -0.2) is 55.4 Å². The van der Waals surface area contributed by atoms with Gasteiger partial charge in [-0.2, -0.15) is 13.2 Å². The molecule has 0 aromatic heterocycles. The summed E-state index contributed by atoms with van der Waals surface area (Å²) < 4.78 is 49.5. The first-order valence-electron chi connectivity index (χ1n) is 14.8. The van der Waals surface area contributed by atoms with Crippen molar-refractivity contribution in [2.24, 2.45) is 0 Å². The highest BCUT2D eigenvalue weighted by Crippen LogP contribution is 2.30. The van der Waals surface area contributed by atoms with E-state index in [9.17, 15) is 18.0 Å². The third-order valence-corrected chi connectivity index (χ3v) is 7.50. The van der Waals surface area contributed by atoms with Crippen LogP contribution in [0.15, 0.2) is 36.4 Å². The van der Waals surface area contributed by atoms with E-state index in [0.717, 1.165) is 47.1 Å². The Hall–Kier alpha value is -2.74. The topological polar surface area (TPSA) is 50.8 Å². The van der Waals surface area contributed by atoms with Crippen molar-refractivity contribution in [3.63, 3.8) is 0 Å². The highest BCUT2D eigenvalue weighted by Gasteiger charge is 2.44. The van der Waals surface area contributed by atoms with Crippen LogP contribution in [0.4, 0.5) is 13.2 Å². The number of benzene rings is 2. The fourth-order valence-corrected chi connectivity index (χ4v) is 5.60. The van der Waals surface area contributed by atoms with Gasteiger partial charge in [0.1, 0.15) is 11.5 Å². The molecular weight excluding hydrogens is 517 g/mol. The number of nitrogens with zero attached hydrogens (tertiary/aromatic N) is 1. The molecule has 2 atom stereocenters. The standard InChI is InChI=1S/C17H22F3NO2.C15H23NO/c1-3-9-21(16(22)17(18,19)20)14-7-5-12-6-8-15(23-4-2)11-13(12)10-14;1-3-9-16-14-7-5-12-6-8-15(17-4-2)11-13(12)10-14/h6,8,11,14H,3-5,7,9-10H2,1-2H3;6,8,11,14,16H,3-5,7,9-10H2,1-2H3. The maximum atomic E-state index is 12.8. The number of rotatable bonds is 10. The molecule has 40 heavy (non-hydrogen) atoms. The van der Waals surface area contributed by atoms with Gasteiger partial charge in [-0.3, -0.25) is 4.79 Å². The lowest BCUT2D eigenvalue weighted by atomic mass is 9.87. The highest BCUT2D eigenvalue weighted by atomic mass is 19.4. The number of alkyl halides is 3. The summed E-state index contributed by atoms with van der Waals surface area (Å²) in [7, 11) is 0. The van der Waals surface area contributed by atoms with E-state index in [1.165, 1.54) is 30.4 Å². The SMILES string of the molecule is CCCN(C(=O)C(F)(F)F)C1CCc2ccc(OCC)cc2C1.CCCNC1CCc2ccc(OCC)cc2C1. The number of halogens is 3. The van der Waals surface area contributed by atoms with E-state index in [4.69, 9.17) is 9.47 Å². The molecule has 2 aliphatic rings. The molecule has 2 aromatic rings. The van der Waals surface area contributed by atoms with E-state index in [2.05, 4.69) is 30.4 Å². The number of aryl methyl sites for hydroxylation is 2. The number of carbonyl (C=O) groups excluding carboxylic acids is 1. The maximum Gasteiger partial charge on any atom is 0.471 e. The summed E-state index contributed by atoms with van der Waals surface area (Å²) in [6.45, 7) is 10.5. The van der Waals surface area contributed by atoms with Crippen molar-refractivity contribution in [1.29, 1.82) is 0 Å². The molecule has 8 heteroatoms. The van der Waals surface area contributed by atoms with Crippen molar-refractivity contribution in [3.8, 4) is 11.5 Å². The molecule has 4 rings (SSSR count). The fourth-order valence-electron chi connectivity index (χ4n) is 5.60. The Morgan fingerprint density at radius 2 is 1.43 bits per heavy atom. The molecule has 1 N–H and O–H groups in total. The van der Waals surface area contributed by atoms with Gasteiger partial charge >= 0.3 is 12.1 Å². The Labute approximate surface area is 237 Å². The summed E-state index contributed by atoms with van der Waals surface area (Å²) in [5.74, 6) is 0.00671. The monoisotopic (exact) mass is 562 g/mol. The van der Waals surface area contributed by atoms with Crippen LogP contribution in [0, 0.1) is 0 Å². The lowest BCUT2D eigenvalue weighted by Gasteiger charge is -2.35. The Morgan fingerprint density at radius 1 is 0.850 bits per heavy atom. The van der Waals surface area contributed by atoms with E-state index in [1.807, 2.05) is 32.0 Å². The zero-order valence-corrected chi connectivity index (χ0v) is 24.4. The Balaban J connectivity index is 0.000000230. The minimum Gasteiger partial charge on any atom is -0.494 e. The minimum absolute atomic E-state index is 0.128. The number of hydrogen-bond acceptors (Lipinski definition) is 4. The van der Waals surface area contributed by atoms with Gasteiger partial charge in [0.15, 0.2) is 0 Å². The fraction of sp³-hybridized carbons (Fsp3) is 0.594. The van der Waals surface area contributed by atoms with Crippen LogP contribution in [0.3, 0.4) is 0 Å². The lowest BCUT2D eigenvalue weighted by Crippen LogP contribution is -2.49. The molecule has 2 unspecified atom stereocenters.